The van der Waals surface area contributed by atoms with Crippen LogP contribution in [0.2, 0.25) is 0 Å². The molecule has 0 saturated heterocycles. The number of nitrogens with zero attached hydrogens (tertiary/aromatic N) is 2. The van der Waals surface area contributed by atoms with Crippen LogP contribution >= 0.6 is 0 Å². The van der Waals surface area contributed by atoms with Gasteiger partial charge in [-0.1, -0.05) is 20.8 Å². The number of carboxylic acid groups (broad SMARTS) is 1. The molecule has 1 rings (SSSR count). The number of carbonyl (C=O) groups is 2. The van der Waals surface area contributed by atoms with Crippen molar-refractivity contribution in [2.24, 2.45) is 0 Å². The lowest BCUT2D eigenvalue weighted by molar-refractivity contribution is -0.155. The molecular weight excluding hydrogens is 300 g/mol. The number of hydrogen-bond acceptors (Lipinski definition) is 4. The number of anilines is 1. The molecule has 0 fully saturated rings. The molecule has 0 bridgehead atoms. The fraction of sp³-hybridized carbons (Fsp3) is 0.667. The summed E-state index contributed by atoms with van der Waals surface area (Å²) in [6.07, 6.45) is 4.18. The van der Waals surface area contributed by atoms with Crippen molar-refractivity contribution >= 4 is 17.7 Å². The summed E-state index contributed by atoms with van der Waals surface area (Å²) in [6.45, 7) is 6.88. The minimum Gasteiger partial charge on any atom is -0.479 e. The molecule has 8 nitrogen and oxygen atoms in total. The van der Waals surface area contributed by atoms with Gasteiger partial charge in [-0.25, -0.2) is 9.59 Å². The summed E-state index contributed by atoms with van der Waals surface area (Å²) >= 11 is 0. The zero-order valence-corrected chi connectivity index (χ0v) is 14.1. The van der Waals surface area contributed by atoms with E-state index in [9.17, 15) is 14.7 Å². The summed E-state index contributed by atoms with van der Waals surface area (Å²) in [5.41, 5.74) is -0.504. The summed E-state index contributed by atoms with van der Waals surface area (Å²) < 4.78 is 1.92. The van der Waals surface area contributed by atoms with Crippen LogP contribution in [-0.4, -0.2) is 44.1 Å². The first-order valence-electron chi connectivity index (χ1n) is 7.83. The first-order chi connectivity index (χ1) is 10.8. The number of aliphatic hydroxyl groups is 1. The van der Waals surface area contributed by atoms with Gasteiger partial charge in [-0.3, -0.25) is 4.68 Å². The van der Waals surface area contributed by atoms with Crippen molar-refractivity contribution in [1.82, 2.24) is 15.1 Å². The number of carbonyl (C=O) groups excluding carboxylic acids is 1. The van der Waals surface area contributed by atoms with E-state index in [0.717, 1.165) is 25.5 Å². The van der Waals surface area contributed by atoms with Crippen LogP contribution in [0, 0.1) is 0 Å². The SMILES string of the molecule is CCc1c(NC(=O)NCC(C)(O)C(=O)O)cnn1C(CC)CC. The van der Waals surface area contributed by atoms with Crippen LogP contribution in [0.3, 0.4) is 0 Å². The van der Waals surface area contributed by atoms with Gasteiger partial charge < -0.3 is 20.8 Å². The fourth-order valence-corrected chi connectivity index (χ4v) is 2.29. The van der Waals surface area contributed by atoms with Crippen LogP contribution in [0.25, 0.3) is 0 Å². The van der Waals surface area contributed by atoms with Crippen LogP contribution in [0.5, 0.6) is 0 Å². The van der Waals surface area contributed by atoms with Crippen LogP contribution < -0.4 is 10.6 Å². The van der Waals surface area contributed by atoms with E-state index in [2.05, 4.69) is 29.6 Å². The molecule has 0 aliphatic carbocycles. The second kappa shape index (κ2) is 7.96. The highest BCUT2D eigenvalue weighted by Gasteiger charge is 2.30. The van der Waals surface area contributed by atoms with Gasteiger partial charge in [-0.05, 0) is 26.2 Å². The standard InChI is InChI=1S/C15H26N4O4/c1-5-10(6-2)19-12(7-3)11(8-17-19)18-14(22)16-9-15(4,23)13(20)21/h8,10,23H,5-7,9H2,1-4H3,(H,20,21)(H2,16,18,22). The van der Waals surface area contributed by atoms with E-state index < -0.39 is 24.1 Å². The lowest BCUT2D eigenvalue weighted by Crippen LogP contribution is -2.47. The molecule has 23 heavy (non-hydrogen) atoms. The van der Waals surface area contributed by atoms with E-state index in [4.69, 9.17) is 5.11 Å². The van der Waals surface area contributed by atoms with E-state index >= 15 is 0 Å². The minimum absolute atomic E-state index is 0.274. The Morgan fingerprint density at radius 3 is 2.43 bits per heavy atom. The molecule has 0 saturated carbocycles. The Morgan fingerprint density at radius 1 is 1.35 bits per heavy atom. The number of aromatic nitrogens is 2. The van der Waals surface area contributed by atoms with Crippen molar-refractivity contribution in [3.8, 4) is 0 Å². The normalized spacial score (nSPS) is 13.7. The second-order valence-electron chi connectivity index (χ2n) is 5.66. The molecule has 0 aliphatic heterocycles. The highest BCUT2D eigenvalue weighted by molar-refractivity contribution is 5.90. The monoisotopic (exact) mass is 326 g/mol. The Bertz CT molecular complexity index is 550. The molecule has 0 radical (unpaired) electrons. The van der Waals surface area contributed by atoms with Crippen LogP contribution in [-0.2, 0) is 11.2 Å². The van der Waals surface area contributed by atoms with Gasteiger partial charge in [0.25, 0.3) is 0 Å². The molecule has 130 valence electrons. The van der Waals surface area contributed by atoms with Gasteiger partial charge in [0.05, 0.1) is 30.2 Å². The molecule has 1 heterocycles. The maximum atomic E-state index is 11.9. The molecule has 2 amide bonds. The van der Waals surface area contributed by atoms with Crippen LogP contribution in [0.1, 0.15) is 52.3 Å². The number of urea groups is 1. The third-order valence-electron chi connectivity index (χ3n) is 3.82. The van der Waals surface area contributed by atoms with Crippen molar-refractivity contribution in [3.05, 3.63) is 11.9 Å². The largest absolute Gasteiger partial charge is 0.479 e. The summed E-state index contributed by atoms with van der Waals surface area (Å²) in [4.78, 5) is 22.7. The third kappa shape index (κ3) is 4.69. The Hall–Kier alpha value is -2.09. The number of hydrogen-bond donors (Lipinski definition) is 4. The first-order valence-corrected chi connectivity index (χ1v) is 7.83. The van der Waals surface area contributed by atoms with Crippen LogP contribution in [0.15, 0.2) is 6.20 Å². The average Bonchev–Trinajstić information content (AvgIpc) is 2.89. The van der Waals surface area contributed by atoms with E-state index in [0.29, 0.717) is 12.1 Å². The highest BCUT2D eigenvalue weighted by Crippen LogP contribution is 2.23. The number of carboxylic acids is 1. The summed E-state index contributed by atoms with van der Waals surface area (Å²) in [5.74, 6) is -1.39. The maximum Gasteiger partial charge on any atom is 0.337 e. The lowest BCUT2D eigenvalue weighted by atomic mass is 10.1. The minimum atomic E-state index is -2.01. The Morgan fingerprint density at radius 2 is 1.96 bits per heavy atom. The molecule has 0 aliphatic rings. The van der Waals surface area contributed by atoms with Crippen molar-refractivity contribution in [2.75, 3.05) is 11.9 Å². The lowest BCUT2D eigenvalue weighted by Gasteiger charge is -2.19. The van der Waals surface area contributed by atoms with Crippen molar-refractivity contribution < 1.29 is 19.8 Å². The molecule has 0 spiro atoms. The summed E-state index contributed by atoms with van der Waals surface area (Å²) in [5, 5.41) is 27.8. The molecule has 4 N–H and O–H groups in total. The zero-order chi connectivity index (χ0) is 17.6. The number of nitrogens with one attached hydrogen (secondary N) is 2. The van der Waals surface area contributed by atoms with E-state index in [1.54, 1.807) is 6.20 Å². The molecule has 0 aromatic carbocycles. The molecule has 1 aromatic heterocycles. The Kier molecular flexibility index (Phi) is 6.56. The van der Waals surface area contributed by atoms with Gasteiger partial charge in [0.15, 0.2) is 5.60 Å². The molecule has 1 unspecified atom stereocenters. The topological polar surface area (TPSA) is 116 Å². The highest BCUT2D eigenvalue weighted by atomic mass is 16.4. The smallest absolute Gasteiger partial charge is 0.337 e. The number of aliphatic carboxylic acids is 1. The van der Waals surface area contributed by atoms with E-state index in [-0.39, 0.29) is 6.04 Å². The quantitative estimate of drug-likeness (QED) is 0.581. The van der Waals surface area contributed by atoms with Gasteiger partial charge in [0, 0.05) is 0 Å². The first kappa shape index (κ1) is 19.0. The van der Waals surface area contributed by atoms with Crippen molar-refractivity contribution in [1.29, 1.82) is 0 Å². The van der Waals surface area contributed by atoms with Crippen LogP contribution in [0.4, 0.5) is 10.5 Å². The van der Waals surface area contributed by atoms with Crippen molar-refractivity contribution in [2.45, 2.75) is 58.6 Å². The molecule has 8 heteroatoms. The molecule has 1 aromatic rings. The Balaban J connectivity index is 2.77. The van der Waals surface area contributed by atoms with Gasteiger partial charge in [0.1, 0.15) is 0 Å². The van der Waals surface area contributed by atoms with Gasteiger partial charge in [-0.2, -0.15) is 5.10 Å². The van der Waals surface area contributed by atoms with E-state index in [1.807, 2.05) is 11.6 Å². The van der Waals surface area contributed by atoms with E-state index in [1.165, 1.54) is 0 Å². The second-order valence-corrected chi connectivity index (χ2v) is 5.66. The predicted octanol–water partition coefficient (Wildman–Crippen LogP) is 1.76. The molecular formula is C15H26N4O4. The van der Waals surface area contributed by atoms with Gasteiger partial charge in [-0.15, -0.1) is 0 Å². The fourth-order valence-electron chi connectivity index (χ4n) is 2.29. The average molecular weight is 326 g/mol. The molecule has 1 atom stereocenters. The van der Waals surface area contributed by atoms with Crippen molar-refractivity contribution in [3.63, 3.8) is 0 Å². The summed E-state index contributed by atoms with van der Waals surface area (Å²) in [6, 6.07) is -0.304. The number of amides is 2. The number of rotatable bonds is 8. The Labute approximate surface area is 135 Å². The zero-order valence-electron chi connectivity index (χ0n) is 14.1. The van der Waals surface area contributed by atoms with Gasteiger partial charge >= 0.3 is 12.0 Å². The third-order valence-corrected chi connectivity index (χ3v) is 3.82. The van der Waals surface area contributed by atoms with Gasteiger partial charge in [0.2, 0.25) is 0 Å². The summed E-state index contributed by atoms with van der Waals surface area (Å²) in [7, 11) is 0. The maximum absolute atomic E-state index is 11.9. The predicted molar refractivity (Wildman–Crippen MR) is 86.5 cm³/mol.